The predicted octanol–water partition coefficient (Wildman–Crippen LogP) is 4.37. The molecule has 2 aromatic heterocycles. The Balaban J connectivity index is 1.36. The third kappa shape index (κ3) is 4.15. The summed E-state index contributed by atoms with van der Waals surface area (Å²) in [5.74, 6) is 0.255. The van der Waals surface area contributed by atoms with E-state index in [-0.39, 0.29) is 10.9 Å². The maximum absolute atomic E-state index is 13.5. The summed E-state index contributed by atoms with van der Waals surface area (Å²) < 4.78 is 13.5. The average molecular weight is 458 g/mol. The van der Waals surface area contributed by atoms with Crippen molar-refractivity contribution >= 4 is 50.6 Å². The summed E-state index contributed by atoms with van der Waals surface area (Å²) in [7, 11) is 0. The molecule has 0 bridgehead atoms. The minimum Gasteiger partial charge on any atom is -0.340 e. The lowest BCUT2D eigenvalue weighted by atomic mass is 10.0. The summed E-state index contributed by atoms with van der Waals surface area (Å²) in [6.45, 7) is 4.31. The lowest BCUT2D eigenvalue weighted by Crippen LogP contribution is -2.37. The van der Waals surface area contributed by atoms with Gasteiger partial charge in [0.2, 0.25) is 5.91 Å². The molecule has 31 heavy (non-hydrogen) atoms. The van der Waals surface area contributed by atoms with Gasteiger partial charge in [0.25, 0.3) is 0 Å². The molecule has 160 valence electrons. The van der Waals surface area contributed by atoms with Crippen LogP contribution in [0.1, 0.15) is 16.9 Å². The van der Waals surface area contributed by atoms with Gasteiger partial charge in [-0.15, -0.1) is 11.3 Å². The van der Waals surface area contributed by atoms with E-state index in [0.29, 0.717) is 24.6 Å². The number of carbonyl (C=O) groups excluding carboxylic acids is 1. The minimum absolute atomic E-state index is 0.0500. The van der Waals surface area contributed by atoms with Gasteiger partial charge >= 0.3 is 0 Å². The van der Waals surface area contributed by atoms with Gasteiger partial charge in [-0.05, 0) is 49.7 Å². The SMILES string of the molecule is O=C(/C=C/CN1CCC1)N1CCc2c(sc3ncnc(Nc4ccc(F)c(Cl)c4)c23)C1. The Kier molecular flexibility index (Phi) is 5.60. The van der Waals surface area contributed by atoms with Crippen LogP contribution in [0.25, 0.3) is 10.2 Å². The number of fused-ring (bicyclic) bond motifs is 3. The van der Waals surface area contributed by atoms with Crippen LogP contribution in [-0.4, -0.2) is 51.9 Å². The fraction of sp³-hybridized carbons (Fsp3) is 0.318. The molecule has 0 saturated carbocycles. The first-order valence-electron chi connectivity index (χ1n) is 10.2. The number of nitrogens with zero attached hydrogens (tertiary/aromatic N) is 4. The van der Waals surface area contributed by atoms with Crippen molar-refractivity contribution in [2.24, 2.45) is 0 Å². The Morgan fingerprint density at radius 1 is 1.29 bits per heavy atom. The lowest BCUT2D eigenvalue weighted by Gasteiger charge is -2.29. The molecule has 0 radical (unpaired) electrons. The first kappa shape index (κ1) is 20.4. The summed E-state index contributed by atoms with van der Waals surface area (Å²) in [6.07, 6.45) is 7.16. The van der Waals surface area contributed by atoms with Gasteiger partial charge in [0, 0.05) is 29.7 Å². The second-order valence-corrected chi connectivity index (χ2v) is 9.22. The van der Waals surface area contributed by atoms with E-state index in [0.717, 1.165) is 41.1 Å². The van der Waals surface area contributed by atoms with Crippen LogP contribution in [0.15, 0.2) is 36.7 Å². The first-order chi connectivity index (χ1) is 15.1. The number of anilines is 2. The summed E-state index contributed by atoms with van der Waals surface area (Å²) in [6, 6.07) is 4.49. The number of thiophene rings is 1. The number of likely N-dealkylation sites (tertiary alicyclic amines) is 1. The molecule has 9 heteroatoms. The number of nitrogens with one attached hydrogen (secondary N) is 1. The van der Waals surface area contributed by atoms with Crippen molar-refractivity contribution in [2.45, 2.75) is 19.4 Å². The van der Waals surface area contributed by atoms with Crippen LogP contribution in [0.5, 0.6) is 0 Å². The van der Waals surface area contributed by atoms with Crippen molar-refractivity contribution in [3.05, 3.63) is 58.0 Å². The number of amides is 1. The molecular weight excluding hydrogens is 437 g/mol. The van der Waals surface area contributed by atoms with Crippen molar-refractivity contribution in [3.8, 4) is 0 Å². The number of hydrogen-bond acceptors (Lipinski definition) is 6. The van der Waals surface area contributed by atoms with Gasteiger partial charge in [-0.3, -0.25) is 9.69 Å². The van der Waals surface area contributed by atoms with Crippen molar-refractivity contribution in [3.63, 3.8) is 0 Å². The number of rotatable bonds is 5. The largest absolute Gasteiger partial charge is 0.340 e. The van der Waals surface area contributed by atoms with E-state index in [2.05, 4.69) is 20.2 Å². The molecule has 1 aromatic carbocycles. The van der Waals surface area contributed by atoms with Crippen LogP contribution in [0.2, 0.25) is 5.02 Å². The number of aromatic nitrogens is 2. The summed E-state index contributed by atoms with van der Waals surface area (Å²) >= 11 is 7.50. The molecule has 1 amide bonds. The molecule has 5 rings (SSSR count). The Hall–Kier alpha value is -2.55. The highest BCUT2D eigenvalue weighted by Crippen LogP contribution is 2.38. The maximum Gasteiger partial charge on any atom is 0.246 e. The summed E-state index contributed by atoms with van der Waals surface area (Å²) in [5, 5.41) is 4.26. The van der Waals surface area contributed by atoms with E-state index < -0.39 is 5.82 Å². The Morgan fingerprint density at radius 2 is 2.16 bits per heavy atom. The highest BCUT2D eigenvalue weighted by molar-refractivity contribution is 7.19. The predicted molar refractivity (Wildman–Crippen MR) is 121 cm³/mol. The van der Waals surface area contributed by atoms with E-state index in [4.69, 9.17) is 11.6 Å². The Bertz CT molecular complexity index is 1180. The fourth-order valence-electron chi connectivity index (χ4n) is 3.89. The molecular formula is C22H21ClFN5OS. The van der Waals surface area contributed by atoms with E-state index in [1.807, 2.05) is 11.0 Å². The Labute approximate surface area is 188 Å². The monoisotopic (exact) mass is 457 g/mol. The number of carbonyl (C=O) groups is 1. The van der Waals surface area contributed by atoms with Gasteiger partial charge in [-0.2, -0.15) is 0 Å². The van der Waals surface area contributed by atoms with Crippen molar-refractivity contribution in [2.75, 3.05) is 31.5 Å². The zero-order valence-corrected chi connectivity index (χ0v) is 18.3. The molecule has 3 aromatic rings. The van der Waals surface area contributed by atoms with Crippen LogP contribution < -0.4 is 5.32 Å². The molecule has 2 aliphatic heterocycles. The second-order valence-electron chi connectivity index (χ2n) is 7.73. The van der Waals surface area contributed by atoms with Gasteiger partial charge in [0.15, 0.2) is 0 Å². The van der Waals surface area contributed by atoms with Gasteiger partial charge < -0.3 is 10.2 Å². The molecule has 1 N–H and O–H groups in total. The maximum atomic E-state index is 13.5. The van der Waals surface area contributed by atoms with Gasteiger partial charge in [0.05, 0.1) is 17.0 Å². The van der Waals surface area contributed by atoms with Crippen molar-refractivity contribution < 1.29 is 9.18 Å². The molecule has 1 saturated heterocycles. The fourth-order valence-corrected chi connectivity index (χ4v) is 5.28. The van der Waals surface area contributed by atoms with Crippen LogP contribution in [-0.2, 0) is 17.8 Å². The molecule has 0 aliphatic carbocycles. The molecule has 6 nitrogen and oxygen atoms in total. The zero-order chi connectivity index (χ0) is 21.4. The molecule has 1 fully saturated rings. The molecule has 4 heterocycles. The van der Waals surface area contributed by atoms with Crippen molar-refractivity contribution in [1.82, 2.24) is 19.8 Å². The average Bonchev–Trinajstić information content (AvgIpc) is 3.11. The summed E-state index contributed by atoms with van der Waals surface area (Å²) in [4.78, 5) is 27.7. The van der Waals surface area contributed by atoms with Crippen LogP contribution in [0.4, 0.5) is 15.9 Å². The topological polar surface area (TPSA) is 61.4 Å². The lowest BCUT2D eigenvalue weighted by molar-refractivity contribution is -0.126. The van der Waals surface area contributed by atoms with E-state index in [9.17, 15) is 9.18 Å². The van der Waals surface area contributed by atoms with Gasteiger partial charge in [0.1, 0.15) is 22.8 Å². The van der Waals surface area contributed by atoms with Crippen molar-refractivity contribution in [1.29, 1.82) is 0 Å². The van der Waals surface area contributed by atoms with E-state index in [1.165, 1.54) is 30.4 Å². The molecule has 0 spiro atoms. The van der Waals surface area contributed by atoms with Crippen LogP contribution in [0.3, 0.4) is 0 Å². The highest BCUT2D eigenvalue weighted by atomic mass is 35.5. The standard InChI is InChI=1S/C22H21ClFN5OS/c23-16-11-14(4-5-17(16)24)27-21-20-15-6-10-29(12-18(15)31-22(20)26-13-25-21)19(30)3-1-7-28-8-2-9-28/h1,3-5,11,13H,2,6-10,12H2,(H,25,26,27)/b3-1+. The van der Waals surface area contributed by atoms with Gasteiger partial charge in [-0.1, -0.05) is 17.7 Å². The number of benzene rings is 1. The van der Waals surface area contributed by atoms with E-state index >= 15 is 0 Å². The first-order valence-corrected chi connectivity index (χ1v) is 11.4. The van der Waals surface area contributed by atoms with Crippen LogP contribution in [0, 0.1) is 5.82 Å². The van der Waals surface area contributed by atoms with Crippen LogP contribution >= 0.6 is 22.9 Å². The third-order valence-corrected chi connectivity index (χ3v) is 7.12. The minimum atomic E-state index is -0.461. The third-order valence-electron chi connectivity index (χ3n) is 5.70. The normalized spacial score (nSPS) is 16.5. The molecule has 2 aliphatic rings. The van der Waals surface area contributed by atoms with E-state index in [1.54, 1.807) is 23.5 Å². The zero-order valence-electron chi connectivity index (χ0n) is 16.8. The highest BCUT2D eigenvalue weighted by Gasteiger charge is 2.25. The Morgan fingerprint density at radius 3 is 2.94 bits per heavy atom. The second kappa shape index (κ2) is 8.53. The number of halogens is 2. The molecule has 0 unspecified atom stereocenters. The summed E-state index contributed by atoms with van der Waals surface area (Å²) in [5.41, 5.74) is 1.83. The smallest absolute Gasteiger partial charge is 0.246 e. The number of hydrogen-bond donors (Lipinski definition) is 1. The molecule has 0 atom stereocenters. The van der Waals surface area contributed by atoms with Gasteiger partial charge in [-0.25, -0.2) is 14.4 Å². The quantitative estimate of drug-likeness (QED) is 0.576.